The number of benzene rings is 1. The Morgan fingerprint density at radius 1 is 1.56 bits per heavy atom. The molecule has 1 atom stereocenters. The van der Waals surface area contributed by atoms with Crippen LogP contribution in [0.4, 0.5) is 0 Å². The molecule has 2 rings (SSSR count). The number of aryl methyl sites for hydroxylation is 1. The fourth-order valence-electron chi connectivity index (χ4n) is 2.19. The summed E-state index contributed by atoms with van der Waals surface area (Å²) in [6, 6.07) is 5.96. The molecule has 0 saturated carbocycles. The van der Waals surface area contributed by atoms with E-state index in [4.69, 9.17) is 4.74 Å². The van der Waals surface area contributed by atoms with Crippen LogP contribution in [0.3, 0.4) is 0 Å². The number of hydrogen-bond acceptors (Lipinski definition) is 2. The minimum absolute atomic E-state index is 0.426. The quantitative estimate of drug-likeness (QED) is 0.907. The lowest BCUT2D eigenvalue weighted by Crippen LogP contribution is -2.45. The van der Waals surface area contributed by atoms with Crippen LogP contribution in [-0.2, 0) is 22.4 Å². The Bertz CT molecular complexity index is 430. The number of rotatable bonds is 2. The molecule has 0 radical (unpaired) electrons. The smallest absolute Gasteiger partial charge is 0.336 e. The molecule has 1 aliphatic rings. The van der Waals surface area contributed by atoms with Crippen LogP contribution in [0.25, 0.3) is 0 Å². The zero-order chi connectivity index (χ0) is 11.8. The monoisotopic (exact) mass is 284 g/mol. The Labute approximate surface area is 103 Å². The summed E-state index contributed by atoms with van der Waals surface area (Å²) in [4.78, 5) is 11.3. The lowest BCUT2D eigenvalue weighted by molar-refractivity contribution is -0.163. The Morgan fingerprint density at radius 2 is 2.31 bits per heavy atom. The van der Waals surface area contributed by atoms with Crippen LogP contribution < -0.4 is 0 Å². The van der Waals surface area contributed by atoms with E-state index in [1.807, 2.05) is 18.2 Å². The SMILES string of the molecule is COC1(C(=O)O)CCc2cccc(Br)c2C1. The first-order chi connectivity index (χ1) is 7.59. The van der Waals surface area contributed by atoms with Gasteiger partial charge in [0.05, 0.1) is 0 Å². The molecular formula is C12H13BrO3. The van der Waals surface area contributed by atoms with Gasteiger partial charge in [-0.1, -0.05) is 28.1 Å². The zero-order valence-corrected chi connectivity index (χ0v) is 10.6. The lowest BCUT2D eigenvalue weighted by Gasteiger charge is -2.33. The number of hydrogen-bond donors (Lipinski definition) is 1. The van der Waals surface area contributed by atoms with Crippen LogP contribution in [0.15, 0.2) is 22.7 Å². The number of aliphatic carboxylic acids is 1. The Morgan fingerprint density at radius 3 is 2.94 bits per heavy atom. The highest BCUT2D eigenvalue weighted by Crippen LogP contribution is 2.35. The molecular weight excluding hydrogens is 272 g/mol. The van der Waals surface area contributed by atoms with Gasteiger partial charge >= 0.3 is 5.97 Å². The average Bonchev–Trinajstić information content (AvgIpc) is 2.29. The molecule has 86 valence electrons. The van der Waals surface area contributed by atoms with Gasteiger partial charge in [0.25, 0.3) is 0 Å². The first kappa shape index (κ1) is 11.6. The molecule has 0 heterocycles. The molecule has 1 aromatic carbocycles. The molecule has 0 aromatic heterocycles. The Kier molecular flexibility index (Phi) is 3.04. The van der Waals surface area contributed by atoms with Gasteiger partial charge in [0.2, 0.25) is 0 Å². The van der Waals surface area contributed by atoms with Gasteiger partial charge in [0.15, 0.2) is 5.60 Å². The topological polar surface area (TPSA) is 46.5 Å². The van der Waals surface area contributed by atoms with Gasteiger partial charge in [-0.15, -0.1) is 0 Å². The van der Waals surface area contributed by atoms with Gasteiger partial charge in [0, 0.05) is 18.0 Å². The maximum atomic E-state index is 11.3. The first-order valence-electron chi connectivity index (χ1n) is 5.14. The van der Waals surface area contributed by atoms with Crippen molar-refractivity contribution >= 4 is 21.9 Å². The second kappa shape index (κ2) is 4.18. The van der Waals surface area contributed by atoms with E-state index in [0.29, 0.717) is 12.8 Å². The maximum absolute atomic E-state index is 11.3. The number of carboxylic acids is 1. The molecule has 16 heavy (non-hydrogen) atoms. The highest BCUT2D eigenvalue weighted by Gasteiger charge is 2.42. The zero-order valence-electron chi connectivity index (χ0n) is 9.00. The van der Waals surface area contributed by atoms with Gasteiger partial charge in [-0.3, -0.25) is 0 Å². The van der Waals surface area contributed by atoms with Crippen LogP contribution >= 0.6 is 15.9 Å². The summed E-state index contributed by atoms with van der Waals surface area (Å²) in [5.41, 5.74) is 1.21. The van der Waals surface area contributed by atoms with Gasteiger partial charge in [0.1, 0.15) is 0 Å². The molecule has 4 heteroatoms. The molecule has 1 aliphatic carbocycles. The molecule has 0 bridgehead atoms. The van der Waals surface area contributed by atoms with Crippen molar-refractivity contribution in [1.29, 1.82) is 0 Å². The minimum atomic E-state index is -1.06. The summed E-state index contributed by atoms with van der Waals surface area (Å²) in [5.74, 6) is -0.878. The van der Waals surface area contributed by atoms with Crippen LogP contribution in [0.1, 0.15) is 17.5 Å². The molecule has 3 nitrogen and oxygen atoms in total. The van der Waals surface area contributed by atoms with Crippen molar-refractivity contribution < 1.29 is 14.6 Å². The summed E-state index contributed by atoms with van der Waals surface area (Å²) in [5, 5.41) is 9.26. The summed E-state index contributed by atoms with van der Waals surface area (Å²) in [6.07, 6.45) is 1.70. The second-order valence-corrected chi connectivity index (χ2v) is 4.91. The molecule has 0 aliphatic heterocycles. The van der Waals surface area contributed by atoms with Crippen molar-refractivity contribution in [2.45, 2.75) is 24.9 Å². The third-order valence-corrected chi connectivity index (χ3v) is 4.00. The van der Waals surface area contributed by atoms with Crippen LogP contribution in [-0.4, -0.2) is 23.8 Å². The van der Waals surface area contributed by atoms with Crippen LogP contribution in [0.5, 0.6) is 0 Å². The predicted octanol–water partition coefficient (Wildman–Crippen LogP) is 2.41. The summed E-state index contributed by atoms with van der Waals surface area (Å²) in [6.45, 7) is 0. The number of halogens is 1. The van der Waals surface area contributed by atoms with E-state index >= 15 is 0 Å². The molecule has 0 saturated heterocycles. The Balaban J connectivity index is 2.42. The van der Waals surface area contributed by atoms with Crippen molar-refractivity contribution in [3.05, 3.63) is 33.8 Å². The third-order valence-electron chi connectivity index (χ3n) is 3.26. The normalized spacial score (nSPS) is 23.9. The fraction of sp³-hybridized carbons (Fsp3) is 0.417. The van der Waals surface area contributed by atoms with Crippen LogP contribution in [0, 0.1) is 0 Å². The van der Waals surface area contributed by atoms with Gasteiger partial charge in [-0.05, 0) is 30.0 Å². The second-order valence-electron chi connectivity index (χ2n) is 4.06. The Hall–Kier alpha value is -0.870. The number of carbonyl (C=O) groups is 1. The summed E-state index contributed by atoms with van der Waals surface area (Å²) >= 11 is 3.46. The van der Waals surface area contributed by atoms with E-state index in [1.54, 1.807) is 0 Å². The van der Waals surface area contributed by atoms with Gasteiger partial charge < -0.3 is 9.84 Å². The number of carboxylic acid groups (broad SMARTS) is 1. The highest BCUT2D eigenvalue weighted by molar-refractivity contribution is 9.10. The average molecular weight is 285 g/mol. The van der Waals surface area contributed by atoms with Gasteiger partial charge in [-0.2, -0.15) is 0 Å². The van der Waals surface area contributed by atoms with Gasteiger partial charge in [-0.25, -0.2) is 4.79 Å². The van der Waals surface area contributed by atoms with Crippen LogP contribution in [0.2, 0.25) is 0 Å². The van der Waals surface area contributed by atoms with Crippen molar-refractivity contribution in [1.82, 2.24) is 0 Å². The standard InChI is InChI=1S/C12H13BrO3/c1-16-12(11(14)15)6-5-8-3-2-4-10(13)9(8)7-12/h2-4H,5-7H2,1H3,(H,14,15). The molecule has 1 aromatic rings. The van der Waals surface area contributed by atoms with E-state index in [9.17, 15) is 9.90 Å². The molecule has 0 fully saturated rings. The van der Waals surface area contributed by atoms with Crippen molar-refractivity contribution in [2.75, 3.05) is 7.11 Å². The molecule has 0 amide bonds. The maximum Gasteiger partial charge on any atom is 0.336 e. The number of methoxy groups -OCH3 is 1. The minimum Gasteiger partial charge on any atom is -0.479 e. The number of fused-ring (bicyclic) bond motifs is 1. The van der Waals surface area contributed by atoms with E-state index in [0.717, 1.165) is 16.5 Å². The van der Waals surface area contributed by atoms with E-state index in [2.05, 4.69) is 15.9 Å². The van der Waals surface area contributed by atoms with Crippen molar-refractivity contribution in [2.24, 2.45) is 0 Å². The van der Waals surface area contributed by atoms with E-state index in [1.165, 1.54) is 12.7 Å². The number of ether oxygens (including phenoxy) is 1. The summed E-state index contributed by atoms with van der Waals surface area (Å²) < 4.78 is 6.20. The largest absolute Gasteiger partial charge is 0.479 e. The van der Waals surface area contributed by atoms with Crippen molar-refractivity contribution in [3.8, 4) is 0 Å². The third kappa shape index (κ3) is 1.76. The van der Waals surface area contributed by atoms with E-state index < -0.39 is 11.6 Å². The highest BCUT2D eigenvalue weighted by atomic mass is 79.9. The molecule has 1 N–H and O–H groups in total. The first-order valence-corrected chi connectivity index (χ1v) is 5.93. The fourth-order valence-corrected chi connectivity index (χ4v) is 2.74. The predicted molar refractivity (Wildman–Crippen MR) is 63.5 cm³/mol. The van der Waals surface area contributed by atoms with E-state index in [-0.39, 0.29) is 0 Å². The molecule has 1 unspecified atom stereocenters. The summed E-state index contributed by atoms with van der Waals surface area (Å²) in [7, 11) is 1.47. The lowest BCUT2D eigenvalue weighted by atomic mass is 9.80. The molecule has 0 spiro atoms. The van der Waals surface area contributed by atoms with Crippen molar-refractivity contribution in [3.63, 3.8) is 0 Å².